The van der Waals surface area contributed by atoms with E-state index in [0.717, 1.165) is 12.8 Å². The molecule has 3 aliphatic rings. The molecule has 2 N–H and O–H groups in total. The number of fused-ring (bicyclic) bond motifs is 1. The molecule has 3 saturated heterocycles. The van der Waals surface area contributed by atoms with Crippen molar-refractivity contribution in [1.82, 2.24) is 9.80 Å². The molecule has 8 nitrogen and oxygen atoms in total. The van der Waals surface area contributed by atoms with Crippen molar-refractivity contribution in [3.63, 3.8) is 0 Å². The second-order valence-electron chi connectivity index (χ2n) is 9.97. The number of hydrogen-bond acceptors (Lipinski definition) is 5. The molecule has 5 atom stereocenters. The van der Waals surface area contributed by atoms with Crippen LogP contribution in [0.15, 0.2) is 12.7 Å². The Kier molecular flexibility index (Phi) is 6.81. The van der Waals surface area contributed by atoms with Gasteiger partial charge in [0.05, 0.1) is 17.9 Å². The quantitative estimate of drug-likeness (QED) is 0.400. The second-order valence-corrected chi connectivity index (χ2v) is 9.97. The van der Waals surface area contributed by atoms with E-state index < -0.39 is 41.1 Å². The summed E-state index contributed by atoms with van der Waals surface area (Å²) in [6.07, 6.45) is 5.27. The molecule has 0 radical (unpaired) electrons. The van der Waals surface area contributed by atoms with Gasteiger partial charge < -0.3 is 24.7 Å². The van der Waals surface area contributed by atoms with Gasteiger partial charge in [-0.05, 0) is 46.5 Å². The molecule has 0 saturated carbocycles. The van der Waals surface area contributed by atoms with Gasteiger partial charge in [-0.1, -0.05) is 18.9 Å². The molecule has 2 bridgehead atoms. The van der Waals surface area contributed by atoms with E-state index >= 15 is 0 Å². The number of likely N-dealkylation sites (tertiary alicyclic amines) is 1. The Balaban J connectivity index is 1.95. The molecule has 174 valence electrons. The van der Waals surface area contributed by atoms with E-state index in [4.69, 9.17) is 9.84 Å². The average Bonchev–Trinajstić information content (AvgIpc) is 3.32. The fourth-order valence-electron chi connectivity index (χ4n) is 5.67. The Morgan fingerprint density at radius 3 is 2.55 bits per heavy atom. The summed E-state index contributed by atoms with van der Waals surface area (Å²) in [5, 5.41) is 18.8. The molecule has 0 unspecified atom stereocenters. The first-order chi connectivity index (χ1) is 14.6. The Morgan fingerprint density at radius 1 is 1.29 bits per heavy atom. The van der Waals surface area contributed by atoms with E-state index in [2.05, 4.69) is 6.58 Å². The zero-order valence-electron chi connectivity index (χ0n) is 18.9. The standard InChI is InChI=1S/C23H36N2O6/c1-5-12-25(22(2,3)4)20(28)18-23-11-10-15(31-23)16(21(29)30)17(23)19(27)24(18)13-8-6-7-9-14-26/h5,15-18,26H,1,6-14H2,2-4H3,(H,29,30)/t15-,16+,17+,18-,23+/m1/s1. The SMILES string of the molecule is C=CCN(C(=O)[C@H]1N(CCCCCCO)C(=O)[C@@H]2[C@@H](C(=O)O)[C@H]3CC[C@]21O3)C(C)(C)C. The number of carboxylic acid groups (broad SMARTS) is 1. The van der Waals surface area contributed by atoms with Crippen molar-refractivity contribution in [1.29, 1.82) is 0 Å². The highest BCUT2D eigenvalue weighted by Gasteiger charge is 2.74. The van der Waals surface area contributed by atoms with Crippen LogP contribution in [0.25, 0.3) is 0 Å². The lowest BCUT2D eigenvalue weighted by Crippen LogP contribution is -2.59. The maximum absolute atomic E-state index is 13.9. The van der Waals surface area contributed by atoms with Gasteiger partial charge in [0.25, 0.3) is 0 Å². The number of hydrogen-bond donors (Lipinski definition) is 2. The molecule has 31 heavy (non-hydrogen) atoms. The summed E-state index contributed by atoms with van der Waals surface area (Å²) in [7, 11) is 0. The van der Waals surface area contributed by atoms with Crippen molar-refractivity contribution in [2.45, 2.75) is 82.6 Å². The lowest BCUT2D eigenvalue weighted by Gasteiger charge is -2.42. The molecule has 1 spiro atoms. The van der Waals surface area contributed by atoms with Gasteiger partial charge in [0.2, 0.25) is 11.8 Å². The van der Waals surface area contributed by atoms with Crippen LogP contribution in [0.5, 0.6) is 0 Å². The van der Waals surface area contributed by atoms with E-state index in [1.807, 2.05) is 20.8 Å². The van der Waals surface area contributed by atoms with Gasteiger partial charge in [-0.25, -0.2) is 0 Å². The number of aliphatic carboxylic acids is 1. The first-order valence-corrected chi connectivity index (χ1v) is 11.3. The fraction of sp³-hybridized carbons (Fsp3) is 0.783. The summed E-state index contributed by atoms with van der Waals surface area (Å²) in [5.74, 6) is -3.23. The van der Waals surface area contributed by atoms with Crippen LogP contribution in [-0.4, -0.2) is 80.8 Å². The molecular formula is C23H36N2O6. The molecule has 3 aliphatic heterocycles. The molecule has 3 rings (SSSR count). The van der Waals surface area contributed by atoms with Gasteiger partial charge in [0, 0.05) is 25.2 Å². The Morgan fingerprint density at radius 2 is 1.97 bits per heavy atom. The number of unbranched alkanes of at least 4 members (excludes halogenated alkanes) is 3. The number of rotatable bonds is 10. The number of amides is 2. The summed E-state index contributed by atoms with van der Waals surface area (Å²) in [4.78, 5) is 42.7. The number of aliphatic hydroxyl groups excluding tert-OH is 1. The van der Waals surface area contributed by atoms with Gasteiger partial charge in [0.15, 0.2) is 0 Å². The van der Waals surface area contributed by atoms with E-state index in [1.165, 1.54) is 0 Å². The Labute approximate surface area is 184 Å². The van der Waals surface area contributed by atoms with Crippen molar-refractivity contribution in [3.05, 3.63) is 12.7 Å². The van der Waals surface area contributed by atoms with Crippen LogP contribution in [-0.2, 0) is 19.1 Å². The highest BCUT2D eigenvalue weighted by atomic mass is 16.5. The van der Waals surface area contributed by atoms with E-state index in [9.17, 15) is 19.5 Å². The summed E-state index contributed by atoms with van der Waals surface area (Å²) >= 11 is 0. The topological polar surface area (TPSA) is 107 Å². The van der Waals surface area contributed by atoms with Gasteiger partial charge in [-0.2, -0.15) is 0 Å². The summed E-state index contributed by atoms with van der Waals surface area (Å²) in [6, 6.07) is -0.823. The first-order valence-electron chi connectivity index (χ1n) is 11.3. The molecular weight excluding hydrogens is 400 g/mol. The third kappa shape index (κ3) is 4.00. The van der Waals surface area contributed by atoms with Crippen LogP contribution in [0, 0.1) is 11.8 Å². The van der Waals surface area contributed by atoms with Crippen LogP contribution in [0.2, 0.25) is 0 Å². The van der Waals surface area contributed by atoms with Crippen molar-refractivity contribution in [2.75, 3.05) is 19.7 Å². The molecule has 0 aromatic carbocycles. The predicted molar refractivity (Wildman–Crippen MR) is 114 cm³/mol. The van der Waals surface area contributed by atoms with Crippen LogP contribution < -0.4 is 0 Å². The van der Waals surface area contributed by atoms with E-state index in [1.54, 1.807) is 15.9 Å². The molecule has 8 heteroatoms. The molecule has 0 aromatic heterocycles. The predicted octanol–water partition coefficient (Wildman–Crippen LogP) is 1.81. The minimum absolute atomic E-state index is 0.132. The van der Waals surface area contributed by atoms with Crippen molar-refractivity contribution >= 4 is 17.8 Å². The smallest absolute Gasteiger partial charge is 0.310 e. The van der Waals surface area contributed by atoms with Gasteiger partial charge >= 0.3 is 5.97 Å². The third-order valence-corrected chi connectivity index (χ3v) is 7.01. The second kappa shape index (κ2) is 8.90. The number of aliphatic hydroxyl groups is 1. The monoisotopic (exact) mass is 436 g/mol. The number of ether oxygens (including phenoxy) is 1. The van der Waals surface area contributed by atoms with Gasteiger partial charge in [-0.3, -0.25) is 14.4 Å². The number of carboxylic acids is 1. The Hall–Kier alpha value is -1.93. The number of carbonyl (C=O) groups excluding carboxylic acids is 2. The van der Waals surface area contributed by atoms with Crippen LogP contribution in [0.1, 0.15) is 59.3 Å². The van der Waals surface area contributed by atoms with Crippen LogP contribution in [0.4, 0.5) is 0 Å². The molecule has 0 aliphatic carbocycles. The zero-order chi connectivity index (χ0) is 23.0. The lowest BCUT2D eigenvalue weighted by molar-refractivity contribution is -0.152. The fourth-order valence-corrected chi connectivity index (χ4v) is 5.67. The average molecular weight is 437 g/mol. The maximum Gasteiger partial charge on any atom is 0.310 e. The van der Waals surface area contributed by atoms with E-state index in [-0.39, 0.29) is 18.4 Å². The first kappa shape index (κ1) is 23.7. The minimum atomic E-state index is -1.07. The molecule has 0 aromatic rings. The highest BCUT2D eigenvalue weighted by Crippen LogP contribution is 2.58. The van der Waals surface area contributed by atoms with Crippen LogP contribution >= 0.6 is 0 Å². The number of carbonyl (C=O) groups is 3. The number of nitrogens with zero attached hydrogens (tertiary/aromatic N) is 2. The lowest BCUT2D eigenvalue weighted by atomic mass is 9.70. The van der Waals surface area contributed by atoms with Crippen molar-refractivity contribution in [3.8, 4) is 0 Å². The summed E-state index contributed by atoms with van der Waals surface area (Å²) in [6.45, 7) is 10.4. The van der Waals surface area contributed by atoms with E-state index in [0.29, 0.717) is 38.8 Å². The van der Waals surface area contributed by atoms with Crippen LogP contribution in [0.3, 0.4) is 0 Å². The van der Waals surface area contributed by atoms with Gasteiger partial charge in [-0.15, -0.1) is 6.58 Å². The largest absolute Gasteiger partial charge is 0.481 e. The van der Waals surface area contributed by atoms with Crippen molar-refractivity contribution < 1.29 is 29.3 Å². The zero-order valence-corrected chi connectivity index (χ0v) is 18.9. The molecule has 3 fully saturated rings. The summed E-state index contributed by atoms with van der Waals surface area (Å²) in [5.41, 5.74) is -1.56. The highest BCUT2D eigenvalue weighted by molar-refractivity contribution is 5.98. The molecule has 2 amide bonds. The van der Waals surface area contributed by atoms with Crippen molar-refractivity contribution in [2.24, 2.45) is 11.8 Å². The van der Waals surface area contributed by atoms with Gasteiger partial charge in [0.1, 0.15) is 11.6 Å². The Bertz CT molecular complexity index is 732. The normalized spacial score (nSPS) is 31.7. The molecule has 3 heterocycles. The summed E-state index contributed by atoms with van der Waals surface area (Å²) < 4.78 is 6.23. The maximum atomic E-state index is 13.9. The minimum Gasteiger partial charge on any atom is -0.481 e. The third-order valence-electron chi connectivity index (χ3n) is 7.01.